The Hall–Kier alpha value is -6.40. The molecule has 1 saturated carbocycles. The van der Waals surface area contributed by atoms with Gasteiger partial charge in [-0.2, -0.15) is 0 Å². The number of ether oxygens (including phenoxy) is 3. The zero-order chi connectivity index (χ0) is 44.5. The van der Waals surface area contributed by atoms with E-state index < -0.39 is 24.3 Å². The number of likely N-dealkylation sites (tertiary alicyclic amines) is 2. The molecule has 0 radical (unpaired) electrons. The van der Waals surface area contributed by atoms with Gasteiger partial charge in [0.15, 0.2) is 0 Å². The summed E-state index contributed by atoms with van der Waals surface area (Å²) in [6, 6.07) is 15.0. The van der Waals surface area contributed by atoms with E-state index in [-0.39, 0.29) is 35.7 Å². The number of amides is 4. The summed E-state index contributed by atoms with van der Waals surface area (Å²) in [5.74, 6) is 8.41. The van der Waals surface area contributed by atoms with Crippen molar-refractivity contribution in [3.8, 4) is 34.2 Å². The molecule has 3 aromatic carbocycles. The van der Waals surface area contributed by atoms with Gasteiger partial charge in [0.25, 0.3) is 0 Å². The molecule has 4 N–H and O–H groups in total. The van der Waals surface area contributed by atoms with Crippen molar-refractivity contribution in [2.75, 3.05) is 40.5 Å². The third-order valence-electron chi connectivity index (χ3n) is 13.3. The summed E-state index contributed by atoms with van der Waals surface area (Å²) >= 11 is 0. The van der Waals surface area contributed by atoms with Crippen LogP contribution in [0.15, 0.2) is 54.7 Å². The van der Waals surface area contributed by atoms with E-state index in [1.165, 1.54) is 14.2 Å². The van der Waals surface area contributed by atoms with Crippen molar-refractivity contribution in [3.63, 3.8) is 0 Å². The second kappa shape index (κ2) is 18.4. The van der Waals surface area contributed by atoms with Crippen LogP contribution in [0.4, 0.5) is 9.59 Å². The highest BCUT2D eigenvalue weighted by molar-refractivity contribution is 6.05. The van der Waals surface area contributed by atoms with E-state index in [9.17, 15) is 19.2 Å². The van der Waals surface area contributed by atoms with Crippen LogP contribution in [-0.4, -0.2) is 106 Å². The Morgan fingerprint density at radius 1 is 0.797 bits per heavy atom. The first-order valence-corrected chi connectivity index (χ1v) is 22.6. The molecule has 0 spiro atoms. The first-order chi connectivity index (χ1) is 31.1. The highest BCUT2D eigenvalue weighted by Gasteiger charge is 2.41. The average Bonchev–Trinajstić information content (AvgIpc) is 3.77. The van der Waals surface area contributed by atoms with Gasteiger partial charge in [-0.25, -0.2) is 19.6 Å². The molecule has 5 heterocycles. The fourth-order valence-corrected chi connectivity index (χ4v) is 9.58. The number of carbonyl (C=O) groups is 4. The van der Waals surface area contributed by atoms with Gasteiger partial charge in [0.05, 0.1) is 49.2 Å². The monoisotopic (exact) mass is 868 g/mol. The number of nitrogens with zero attached hydrogens (tertiary/aromatic N) is 4. The van der Waals surface area contributed by atoms with Gasteiger partial charge in [-0.1, -0.05) is 56.0 Å². The summed E-state index contributed by atoms with van der Waals surface area (Å²) in [6.07, 6.45) is 7.37. The zero-order valence-corrected chi connectivity index (χ0v) is 36.9. The van der Waals surface area contributed by atoms with Crippen molar-refractivity contribution in [1.29, 1.82) is 0 Å². The number of methoxy groups -OCH3 is 2. The van der Waals surface area contributed by atoms with E-state index in [0.29, 0.717) is 50.9 Å². The fourth-order valence-electron chi connectivity index (χ4n) is 9.58. The van der Waals surface area contributed by atoms with E-state index in [1.54, 1.807) is 0 Å². The second-order valence-electron chi connectivity index (χ2n) is 17.8. The third-order valence-corrected chi connectivity index (χ3v) is 13.3. The van der Waals surface area contributed by atoms with Crippen LogP contribution < -0.4 is 10.6 Å². The van der Waals surface area contributed by atoms with E-state index in [2.05, 4.69) is 74.9 Å². The smallest absolute Gasteiger partial charge is 0.407 e. The van der Waals surface area contributed by atoms with Crippen LogP contribution in [-0.2, 0) is 23.8 Å². The van der Waals surface area contributed by atoms with Crippen molar-refractivity contribution in [3.05, 3.63) is 71.9 Å². The lowest BCUT2D eigenvalue weighted by Gasteiger charge is -2.34. The lowest BCUT2D eigenvalue weighted by molar-refractivity contribution is -0.137. The first-order valence-electron chi connectivity index (χ1n) is 22.6. The number of hydrogen-bond donors (Lipinski definition) is 4. The minimum absolute atomic E-state index is 0.0429. The molecule has 4 amide bonds. The van der Waals surface area contributed by atoms with Crippen molar-refractivity contribution >= 4 is 45.8 Å². The van der Waals surface area contributed by atoms with Crippen LogP contribution in [0.25, 0.3) is 44.2 Å². The molecule has 5 aromatic rings. The predicted molar refractivity (Wildman–Crippen MR) is 241 cm³/mol. The van der Waals surface area contributed by atoms with Crippen molar-refractivity contribution < 1.29 is 33.4 Å². The first kappa shape index (κ1) is 42.9. The Labute approximate surface area is 372 Å². The van der Waals surface area contributed by atoms with Gasteiger partial charge in [0.2, 0.25) is 11.8 Å². The Bertz CT molecular complexity index is 2630. The average molecular weight is 869 g/mol. The molecule has 4 atom stereocenters. The number of H-pyrrole nitrogens is 2. The number of imidazole rings is 2. The number of fused-ring (bicyclic) bond motifs is 3. The minimum Gasteiger partial charge on any atom is -0.453 e. The van der Waals surface area contributed by atoms with E-state index in [4.69, 9.17) is 24.2 Å². The molecule has 4 fully saturated rings. The molecule has 1 unspecified atom stereocenters. The Kier molecular flexibility index (Phi) is 12.3. The molecule has 15 heteroatoms. The van der Waals surface area contributed by atoms with Crippen LogP contribution in [0.5, 0.6) is 0 Å². The molecule has 2 aromatic heterocycles. The molecule has 0 bridgehead atoms. The number of alkyl carbamates (subject to hydrolysis) is 2. The SMILES string of the molecule is COC(=O)NC(C(=O)N1CCC[C@H]1c1ncc(-c2ccc(-c3ccc4c(ccc5[nH]c([C@@H]6CCCN6C(=O)[C@@H](NC(=O)OC)C(C)C)nc54)c3)c(C#CC3CC3)c2)[nH]1)C1CCOCC1. The zero-order valence-electron chi connectivity index (χ0n) is 36.9. The summed E-state index contributed by atoms with van der Waals surface area (Å²) in [5, 5.41) is 7.59. The van der Waals surface area contributed by atoms with Crippen molar-refractivity contribution in [2.24, 2.45) is 17.8 Å². The van der Waals surface area contributed by atoms with Gasteiger partial charge in [-0.15, -0.1) is 0 Å². The maximum Gasteiger partial charge on any atom is 0.407 e. The predicted octanol–water partition coefficient (Wildman–Crippen LogP) is 7.39. The second-order valence-corrected chi connectivity index (χ2v) is 17.8. The van der Waals surface area contributed by atoms with E-state index in [0.717, 1.165) is 94.1 Å². The number of nitrogens with one attached hydrogen (secondary N) is 4. The Morgan fingerprint density at radius 2 is 1.50 bits per heavy atom. The lowest BCUT2D eigenvalue weighted by atomic mass is 9.90. The molecular formula is C49H56N8O7. The van der Waals surface area contributed by atoms with Crippen molar-refractivity contribution in [1.82, 2.24) is 40.4 Å². The lowest BCUT2D eigenvalue weighted by Crippen LogP contribution is -2.53. The molecular weight excluding hydrogens is 813 g/mol. The van der Waals surface area contributed by atoms with E-state index >= 15 is 0 Å². The van der Waals surface area contributed by atoms with Gasteiger partial charge in [-0.05, 0) is 97.9 Å². The standard InChI is InChI=1S/C49H56N8O7/c1-28(2)41(54-48(60)62-3)46(58)57-22-6-8-40(57)45-51-37-18-15-33-25-32(13-17-36(33)43(37)53-45)35-16-14-34(26-31(35)12-11-29-9-10-29)38-27-50-44(52-38)39-7-5-21-56(39)47(59)42(55-49(61)63-4)30-19-23-64-24-20-30/h13-18,25-30,39-42H,5-10,19-24H2,1-4H3,(H,50,52)(H,51,53)(H,54,60)(H,55,61)/t39-,40-,41-,42?/m0/s1. The summed E-state index contributed by atoms with van der Waals surface area (Å²) in [6.45, 7) is 6.08. The van der Waals surface area contributed by atoms with Crippen molar-refractivity contribution in [2.45, 2.75) is 89.4 Å². The summed E-state index contributed by atoms with van der Waals surface area (Å²) < 4.78 is 15.3. The van der Waals surface area contributed by atoms with Crippen LogP contribution in [0.1, 0.15) is 94.5 Å². The number of hydrogen-bond acceptors (Lipinski definition) is 9. The number of aromatic nitrogens is 4. The van der Waals surface area contributed by atoms with Crippen LogP contribution in [0.2, 0.25) is 0 Å². The highest BCUT2D eigenvalue weighted by atomic mass is 16.5. The minimum atomic E-state index is -0.707. The fraction of sp³-hybridized carbons (Fsp3) is 0.469. The van der Waals surface area contributed by atoms with Gasteiger partial charge < -0.3 is 44.6 Å². The van der Waals surface area contributed by atoms with Gasteiger partial charge in [0, 0.05) is 48.7 Å². The third kappa shape index (κ3) is 8.75. The van der Waals surface area contributed by atoms with E-state index in [1.807, 2.05) is 35.9 Å². The van der Waals surface area contributed by atoms with Crippen LogP contribution in [0.3, 0.4) is 0 Å². The number of benzene rings is 3. The number of rotatable bonds is 10. The maximum atomic E-state index is 14.1. The molecule has 64 heavy (non-hydrogen) atoms. The largest absolute Gasteiger partial charge is 0.453 e. The van der Waals surface area contributed by atoms with Crippen LogP contribution >= 0.6 is 0 Å². The maximum absolute atomic E-state index is 14.1. The van der Waals surface area contributed by atoms with Gasteiger partial charge in [-0.3, -0.25) is 9.59 Å². The molecule has 3 aliphatic heterocycles. The number of aromatic amines is 2. The van der Waals surface area contributed by atoms with Gasteiger partial charge >= 0.3 is 12.2 Å². The highest BCUT2D eigenvalue weighted by Crippen LogP contribution is 2.38. The molecule has 1 aliphatic carbocycles. The molecule has 15 nitrogen and oxygen atoms in total. The van der Waals surface area contributed by atoms with Crippen LogP contribution in [0, 0.1) is 29.6 Å². The van der Waals surface area contributed by atoms with Gasteiger partial charge in [0.1, 0.15) is 23.7 Å². The molecule has 4 aliphatic rings. The summed E-state index contributed by atoms with van der Waals surface area (Å²) in [7, 11) is 2.61. The molecule has 9 rings (SSSR count). The Morgan fingerprint density at radius 3 is 2.22 bits per heavy atom. The Balaban J connectivity index is 0.972. The molecule has 3 saturated heterocycles. The summed E-state index contributed by atoms with van der Waals surface area (Å²) in [5.41, 5.74) is 6.48. The topological polar surface area (TPSA) is 184 Å². The quantitative estimate of drug-likeness (QED) is 0.104. The summed E-state index contributed by atoms with van der Waals surface area (Å²) in [4.78, 5) is 73.1. The normalized spacial score (nSPS) is 20.0. The number of carbonyl (C=O) groups excluding carboxylic acids is 4. The molecule has 334 valence electrons.